The number of amides is 2. The second kappa shape index (κ2) is 10.3. The zero-order chi connectivity index (χ0) is 24.5. The highest BCUT2D eigenvalue weighted by atomic mass is 79.9. The summed E-state index contributed by atoms with van der Waals surface area (Å²) in [4.78, 5) is 41.9. The topological polar surface area (TPSA) is 105 Å². The number of ether oxygens (including phenoxy) is 2. The van der Waals surface area contributed by atoms with Gasteiger partial charge in [-0.05, 0) is 25.3 Å². The van der Waals surface area contributed by atoms with Crippen molar-refractivity contribution in [2.45, 2.75) is 68.1 Å². The number of benzene rings is 1. The highest BCUT2D eigenvalue weighted by Gasteiger charge is 2.77. The molecule has 8 nitrogen and oxygen atoms in total. The second-order valence-electron chi connectivity index (χ2n) is 9.27. The van der Waals surface area contributed by atoms with Gasteiger partial charge in [-0.15, -0.1) is 0 Å². The minimum atomic E-state index is -1.16. The van der Waals surface area contributed by atoms with Crippen molar-refractivity contribution >= 4 is 33.7 Å². The zero-order valence-corrected chi connectivity index (χ0v) is 21.2. The van der Waals surface area contributed by atoms with E-state index < -0.39 is 41.6 Å². The number of fused-ring (bicyclic) bond motifs is 1. The Labute approximate surface area is 208 Å². The normalized spacial score (nSPS) is 32.5. The van der Waals surface area contributed by atoms with Gasteiger partial charge in [0.25, 0.3) is 0 Å². The van der Waals surface area contributed by atoms with Crippen LogP contribution in [0.4, 0.5) is 0 Å². The molecule has 3 saturated heterocycles. The zero-order valence-electron chi connectivity index (χ0n) is 19.6. The first kappa shape index (κ1) is 25.1. The fourth-order valence-corrected chi connectivity index (χ4v) is 6.87. The summed E-state index contributed by atoms with van der Waals surface area (Å²) in [7, 11) is 0. The number of nitrogens with one attached hydrogen (secondary N) is 1. The van der Waals surface area contributed by atoms with Gasteiger partial charge in [-0.2, -0.15) is 0 Å². The van der Waals surface area contributed by atoms with Crippen LogP contribution in [0.5, 0.6) is 0 Å². The fourth-order valence-electron chi connectivity index (χ4n) is 5.92. The Balaban J connectivity index is 1.75. The minimum Gasteiger partial charge on any atom is -0.466 e. The van der Waals surface area contributed by atoms with E-state index in [4.69, 9.17) is 9.47 Å². The molecule has 9 heteroatoms. The van der Waals surface area contributed by atoms with Gasteiger partial charge in [-0.1, -0.05) is 66.0 Å². The van der Waals surface area contributed by atoms with Crippen molar-refractivity contribution in [3.63, 3.8) is 0 Å². The molecule has 2 amide bonds. The third kappa shape index (κ3) is 4.05. The van der Waals surface area contributed by atoms with Crippen molar-refractivity contribution in [1.82, 2.24) is 10.2 Å². The number of aliphatic hydroxyl groups is 1. The molecule has 0 aromatic heterocycles. The molecule has 1 aromatic rings. The van der Waals surface area contributed by atoms with Crippen LogP contribution in [0.15, 0.2) is 30.3 Å². The van der Waals surface area contributed by atoms with Gasteiger partial charge in [-0.3, -0.25) is 14.4 Å². The van der Waals surface area contributed by atoms with E-state index in [0.717, 1.165) is 24.8 Å². The Morgan fingerprint density at radius 3 is 2.68 bits per heavy atom. The van der Waals surface area contributed by atoms with Gasteiger partial charge in [0, 0.05) is 11.4 Å². The summed E-state index contributed by atoms with van der Waals surface area (Å²) in [5.41, 5.74) is -0.444. The maximum atomic E-state index is 14.0. The summed E-state index contributed by atoms with van der Waals surface area (Å²) >= 11 is 3.63. The van der Waals surface area contributed by atoms with Crippen LogP contribution in [-0.2, 0) is 23.9 Å². The van der Waals surface area contributed by atoms with Crippen LogP contribution >= 0.6 is 15.9 Å². The molecule has 0 aliphatic carbocycles. The third-order valence-electron chi connectivity index (χ3n) is 7.31. The van der Waals surface area contributed by atoms with E-state index in [1.807, 2.05) is 30.3 Å². The number of esters is 1. The Morgan fingerprint density at radius 1 is 1.29 bits per heavy atom. The van der Waals surface area contributed by atoms with E-state index >= 15 is 0 Å². The molecule has 2 N–H and O–H groups in total. The molecule has 3 aliphatic heterocycles. The van der Waals surface area contributed by atoms with Crippen molar-refractivity contribution in [2.75, 3.05) is 19.8 Å². The Kier molecular flexibility index (Phi) is 7.64. The number of alkyl halides is 1. The number of halogens is 1. The van der Waals surface area contributed by atoms with Gasteiger partial charge < -0.3 is 24.8 Å². The maximum Gasteiger partial charge on any atom is 0.312 e. The standard InChI is InChI=1S/C25H33BrN2O6/c1-3-5-9-12-27-22(30)21-25-13-16(26)20(34-25)18(24(32)33-4-2)19(25)23(31)28(21)17(14-29)15-10-7-6-8-11-15/h6-8,10-11,16-21,29H,3-5,9,12-14H2,1-2H3,(H,27,30)/t16?,17-,18-,19+,20-,21-,25+/m1/s1. The number of carbonyl (C=O) groups excluding carboxylic acids is 3. The monoisotopic (exact) mass is 536 g/mol. The van der Waals surface area contributed by atoms with Gasteiger partial charge in [0.1, 0.15) is 11.6 Å². The Morgan fingerprint density at radius 2 is 2.03 bits per heavy atom. The molecule has 3 heterocycles. The van der Waals surface area contributed by atoms with Gasteiger partial charge in [0.2, 0.25) is 11.8 Å². The minimum absolute atomic E-state index is 0.189. The molecule has 3 fully saturated rings. The highest BCUT2D eigenvalue weighted by Crippen LogP contribution is 2.61. The average molecular weight is 537 g/mol. The summed E-state index contributed by atoms with van der Waals surface area (Å²) in [6.07, 6.45) is 2.71. The molecule has 1 spiro atoms. The number of hydrogen-bond donors (Lipinski definition) is 2. The number of carbonyl (C=O) groups is 3. The smallest absolute Gasteiger partial charge is 0.312 e. The average Bonchev–Trinajstić information content (AvgIpc) is 3.42. The number of unbranched alkanes of at least 4 members (excludes halogenated alkanes) is 2. The van der Waals surface area contributed by atoms with Crippen LogP contribution in [-0.4, -0.2) is 70.1 Å². The highest BCUT2D eigenvalue weighted by molar-refractivity contribution is 9.09. The van der Waals surface area contributed by atoms with Gasteiger partial charge in [-0.25, -0.2) is 0 Å². The second-order valence-corrected chi connectivity index (χ2v) is 10.4. The Hall–Kier alpha value is -1.97. The van der Waals surface area contributed by atoms with E-state index in [1.165, 1.54) is 4.90 Å². The Bertz CT molecular complexity index is 914. The molecular formula is C25H33BrN2O6. The summed E-state index contributed by atoms with van der Waals surface area (Å²) < 4.78 is 11.7. The molecule has 2 bridgehead atoms. The lowest BCUT2D eigenvalue weighted by Gasteiger charge is -2.37. The SMILES string of the molecule is CCCCCNC(=O)[C@H]1N([C@H](CO)c2ccccc2)C(=O)[C@@H]2[C@@H](C(=O)OCC)[C@@H]3O[C@@]21CC3Br. The summed E-state index contributed by atoms with van der Waals surface area (Å²) in [6.45, 7) is 4.13. The van der Waals surface area contributed by atoms with Gasteiger partial charge in [0.15, 0.2) is 0 Å². The van der Waals surface area contributed by atoms with Crippen molar-refractivity contribution < 1.29 is 29.0 Å². The van der Waals surface area contributed by atoms with Crippen molar-refractivity contribution in [1.29, 1.82) is 0 Å². The first-order valence-electron chi connectivity index (χ1n) is 12.1. The largest absolute Gasteiger partial charge is 0.466 e. The molecular weight excluding hydrogens is 504 g/mol. The van der Waals surface area contributed by atoms with E-state index in [-0.39, 0.29) is 29.9 Å². The first-order chi connectivity index (χ1) is 16.4. The fraction of sp³-hybridized carbons (Fsp3) is 0.640. The van der Waals surface area contributed by atoms with Crippen LogP contribution in [0.2, 0.25) is 0 Å². The van der Waals surface area contributed by atoms with Crippen LogP contribution in [0.25, 0.3) is 0 Å². The number of nitrogens with zero attached hydrogens (tertiary/aromatic N) is 1. The molecule has 34 heavy (non-hydrogen) atoms. The molecule has 1 unspecified atom stereocenters. The maximum absolute atomic E-state index is 14.0. The summed E-state index contributed by atoms with van der Waals surface area (Å²) in [5.74, 6) is -2.79. The molecule has 7 atom stereocenters. The van der Waals surface area contributed by atoms with Gasteiger partial charge in [0.05, 0.1) is 37.2 Å². The lowest BCUT2D eigenvalue weighted by molar-refractivity contribution is -0.155. The van der Waals surface area contributed by atoms with Gasteiger partial charge >= 0.3 is 5.97 Å². The van der Waals surface area contributed by atoms with Crippen molar-refractivity contribution in [3.8, 4) is 0 Å². The lowest BCUT2D eigenvalue weighted by Crippen LogP contribution is -2.56. The predicted octanol–water partition coefficient (Wildman–Crippen LogP) is 2.34. The lowest BCUT2D eigenvalue weighted by atomic mass is 9.70. The molecule has 0 saturated carbocycles. The molecule has 186 valence electrons. The first-order valence-corrected chi connectivity index (χ1v) is 13.1. The van der Waals surface area contributed by atoms with Crippen molar-refractivity contribution in [3.05, 3.63) is 35.9 Å². The van der Waals surface area contributed by atoms with Crippen LogP contribution < -0.4 is 5.32 Å². The van der Waals surface area contributed by atoms with E-state index in [9.17, 15) is 19.5 Å². The predicted molar refractivity (Wildman–Crippen MR) is 128 cm³/mol. The molecule has 1 aromatic carbocycles. The van der Waals surface area contributed by atoms with E-state index in [0.29, 0.717) is 13.0 Å². The molecule has 0 radical (unpaired) electrons. The van der Waals surface area contributed by atoms with Crippen LogP contribution in [0.3, 0.4) is 0 Å². The van der Waals surface area contributed by atoms with E-state index in [2.05, 4.69) is 28.2 Å². The van der Waals surface area contributed by atoms with Crippen molar-refractivity contribution in [2.24, 2.45) is 11.8 Å². The van der Waals surface area contributed by atoms with Crippen LogP contribution in [0.1, 0.15) is 51.1 Å². The van der Waals surface area contributed by atoms with E-state index in [1.54, 1.807) is 6.92 Å². The third-order valence-corrected chi connectivity index (χ3v) is 8.15. The number of hydrogen-bond acceptors (Lipinski definition) is 6. The summed E-state index contributed by atoms with van der Waals surface area (Å²) in [5, 5.41) is 13.4. The molecule has 3 aliphatic rings. The van der Waals surface area contributed by atoms with Crippen LogP contribution in [0, 0.1) is 11.8 Å². The molecule has 4 rings (SSSR count). The quantitative estimate of drug-likeness (QED) is 0.270. The number of rotatable bonds is 10. The number of aliphatic hydroxyl groups excluding tert-OH is 1. The number of likely N-dealkylation sites (tertiary alicyclic amines) is 1. The summed E-state index contributed by atoms with van der Waals surface area (Å²) in [6, 6.07) is 7.46.